The zero-order valence-corrected chi connectivity index (χ0v) is 23.1. The van der Waals surface area contributed by atoms with Gasteiger partial charge in [0, 0.05) is 37.0 Å². The first-order chi connectivity index (χ1) is 19.8. The summed E-state index contributed by atoms with van der Waals surface area (Å²) >= 11 is 0. The number of aromatic nitrogens is 2. The Kier molecular flexibility index (Phi) is 8.86. The molecule has 6 rings (SSSR count). The fourth-order valence-corrected chi connectivity index (χ4v) is 5.74. The maximum atomic E-state index is 5.05. The number of para-hydroxylation sites is 3. The highest BCUT2D eigenvalue weighted by atomic mass is 15.1. The SMILES string of the molecule is C#C.CNc1ccccc1CC1CCCN(Cc2ccc(-c3nc4ccccc4nc3-c3ccccc3)cc2)C1. The highest BCUT2D eigenvalue weighted by molar-refractivity contribution is 5.86. The van der Waals surface area contributed by atoms with Gasteiger partial charge in [0.1, 0.15) is 0 Å². The molecule has 0 spiro atoms. The standard InChI is InChI=1S/C34H34N4.C2H2/c1-35-30-14-6-5-13-29(30)22-26-10-9-21-38(24-26)23-25-17-19-28(20-18-25)34-33(27-11-3-2-4-12-27)36-31-15-7-8-16-32(31)37-34;1-2/h2-8,11-20,26,35H,9-10,21-24H2,1H3;1-2H. The number of fused-ring (bicyclic) bond motifs is 1. The van der Waals surface area contributed by atoms with Crippen molar-refractivity contribution in [2.75, 3.05) is 25.5 Å². The number of hydrogen-bond donors (Lipinski definition) is 1. The summed E-state index contributed by atoms with van der Waals surface area (Å²) in [6.45, 7) is 3.30. The summed E-state index contributed by atoms with van der Waals surface area (Å²) in [5, 5.41) is 3.36. The number of anilines is 1. The van der Waals surface area contributed by atoms with E-state index in [1.165, 1.54) is 36.2 Å². The normalized spacial score (nSPS) is 15.2. The number of hydrogen-bond acceptors (Lipinski definition) is 4. The number of nitrogens with one attached hydrogen (secondary N) is 1. The third kappa shape index (κ3) is 6.22. The fourth-order valence-electron chi connectivity index (χ4n) is 5.74. The molecule has 40 heavy (non-hydrogen) atoms. The summed E-state index contributed by atoms with van der Waals surface area (Å²) in [5.41, 5.74) is 9.92. The molecule has 0 amide bonds. The molecule has 4 aromatic carbocycles. The average Bonchev–Trinajstić information content (AvgIpc) is 3.03. The second-order valence-corrected chi connectivity index (χ2v) is 10.3. The molecule has 200 valence electrons. The molecule has 0 aliphatic carbocycles. The first-order valence-corrected chi connectivity index (χ1v) is 14.0. The Bertz CT molecular complexity index is 1560. The van der Waals surface area contributed by atoms with Crippen LogP contribution in [0.1, 0.15) is 24.0 Å². The molecule has 0 radical (unpaired) electrons. The molecule has 1 saturated heterocycles. The summed E-state index contributed by atoms with van der Waals surface area (Å²) < 4.78 is 0. The Hall–Kier alpha value is -4.46. The molecule has 4 heteroatoms. The van der Waals surface area contributed by atoms with Crippen LogP contribution in [0.15, 0.2) is 103 Å². The smallest absolute Gasteiger partial charge is 0.0973 e. The van der Waals surface area contributed by atoms with E-state index in [2.05, 4.69) is 95.9 Å². The molecule has 5 aromatic rings. The predicted octanol–water partition coefficient (Wildman–Crippen LogP) is 7.71. The van der Waals surface area contributed by atoms with Crippen molar-refractivity contribution in [2.24, 2.45) is 5.92 Å². The minimum Gasteiger partial charge on any atom is -0.388 e. The van der Waals surface area contributed by atoms with Gasteiger partial charge in [0.25, 0.3) is 0 Å². The Labute approximate surface area is 238 Å². The quantitative estimate of drug-likeness (QED) is 0.221. The molecular weight excluding hydrogens is 488 g/mol. The summed E-state index contributed by atoms with van der Waals surface area (Å²) in [6, 6.07) is 36.2. The van der Waals surface area contributed by atoms with Crippen molar-refractivity contribution in [3.05, 3.63) is 114 Å². The van der Waals surface area contributed by atoms with E-state index in [9.17, 15) is 0 Å². The fraction of sp³-hybridized carbons (Fsp3) is 0.222. The molecule has 1 aromatic heterocycles. The second-order valence-electron chi connectivity index (χ2n) is 10.3. The molecule has 1 unspecified atom stereocenters. The van der Waals surface area contributed by atoms with Crippen molar-refractivity contribution < 1.29 is 0 Å². The lowest BCUT2D eigenvalue weighted by atomic mass is 9.90. The van der Waals surface area contributed by atoms with Crippen LogP contribution in [0.25, 0.3) is 33.5 Å². The van der Waals surface area contributed by atoms with Crippen LogP contribution in [0.2, 0.25) is 0 Å². The van der Waals surface area contributed by atoms with Gasteiger partial charge in [0.05, 0.1) is 22.4 Å². The minimum absolute atomic E-state index is 0.693. The largest absolute Gasteiger partial charge is 0.388 e. The Morgan fingerprint density at radius 2 is 1.35 bits per heavy atom. The first kappa shape index (κ1) is 27.1. The molecular formula is C36H36N4. The van der Waals surface area contributed by atoms with Crippen LogP contribution in [0.3, 0.4) is 0 Å². The summed E-state index contributed by atoms with van der Waals surface area (Å²) in [6.07, 6.45) is 11.7. The highest BCUT2D eigenvalue weighted by Crippen LogP contribution is 2.31. The zero-order valence-electron chi connectivity index (χ0n) is 23.1. The Morgan fingerprint density at radius 3 is 2.02 bits per heavy atom. The lowest BCUT2D eigenvalue weighted by Gasteiger charge is -2.33. The second kappa shape index (κ2) is 13.1. The molecule has 4 nitrogen and oxygen atoms in total. The van der Waals surface area contributed by atoms with Crippen molar-refractivity contribution in [1.82, 2.24) is 14.9 Å². The van der Waals surface area contributed by atoms with Crippen molar-refractivity contribution in [2.45, 2.75) is 25.8 Å². The number of rotatable bonds is 7. The number of piperidine rings is 1. The third-order valence-corrected chi connectivity index (χ3v) is 7.65. The molecule has 1 aliphatic rings. The zero-order chi connectivity index (χ0) is 27.7. The number of benzene rings is 4. The van der Waals surface area contributed by atoms with Gasteiger partial charge < -0.3 is 5.32 Å². The van der Waals surface area contributed by atoms with E-state index in [4.69, 9.17) is 9.97 Å². The first-order valence-electron chi connectivity index (χ1n) is 14.0. The lowest BCUT2D eigenvalue weighted by Crippen LogP contribution is -2.35. The van der Waals surface area contributed by atoms with E-state index in [0.29, 0.717) is 5.92 Å². The monoisotopic (exact) mass is 524 g/mol. The molecule has 2 heterocycles. The van der Waals surface area contributed by atoms with Crippen LogP contribution >= 0.6 is 0 Å². The maximum Gasteiger partial charge on any atom is 0.0973 e. The van der Waals surface area contributed by atoms with E-state index in [-0.39, 0.29) is 0 Å². The summed E-state index contributed by atoms with van der Waals surface area (Å²) in [4.78, 5) is 12.7. The topological polar surface area (TPSA) is 41.0 Å². The molecule has 0 bridgehead atoms. The van der Waals surface area contributed by atoms with Crippen LogP contribution in [0, 0.1) is 18.8 Å². The van der Waals surface area contributed by atoms with Crippen LogP contribution in [-0.2, 0) is 13.0 Å². The molecule has 1 atom stereocenters. The van der Waals surface area contributed by atoms with Gasteiger partial charge in [0.15, 0.2) is 0 Å². The number of nitrogens with zero attached hydrogens (tertiary/aromatic N) is 3. The van der Waals surface area contributed by atoms with Gasteiger partial charge >= 0.3 is 0 Å². The van der Waals surface area contributed by atoms with Gasteiger partial charge in [0.2, 0.25) is 0 Å². The van der Waals surface area contributed by atoms with Crippen molar-refractivity contribution >= 4 is 16.7 Å². The highest BCUT2D eigenvalue weighted by Gasteiger charge is 2.21. The van der Waals surface area contributed by atoms with Crippen LogP contribution in [-0.4, -0.2) is 35.0 Å². The predicted molar refractivity (Wildman–Crippen MR) is 168 cm³/mol. The third-order valence-electron chi connectivity index (χ3n) is 7.65. The number of terminal acetylenes is 1. The van der Waals surface area contributed by atoms with E-state index in [1.54, 1.807) is 0 Å². The minimum atomic E-state index is 0.693. The molecule has 0 saturated carbocycles. The van der Waals surface area contributed by atoms with Crippen LogP contribution in [0.4, 0.5) is 5.69 Å². The van der Waals surface area contributed by atoms with E-state index in [0.717, 1.165) is 53.1 Å². The average molecular weight is 525 g/mol. The summed E-state index contributed by atoms with van der Waals surface area (Å²) in [5.74, 6) is 0.693. The van der Waals surface area contributed by atoms with Crippen LogP contribution < -0.4 is 5.32 Å². The van der Waals surface area contributed by atoms with E-state index in [1.807, 2.05) is 37.4 Å². The molecule has 1 N–H and O–H groups in total. The van der Waals surface area contributed by atoms with E-state index < -0.39 is 0 Å². The van der Waals surface area contributed by atoms with Gasteiger partial charge in [-0.2, -0.15) is 0 Å². The molecule has 1 fully saturated rings. The van der Waals surface area contributed by atoms with Crippen molar-refractivity contribution in [3.8, 4) is 35.4 Å². The van der Waals surface area contributed by atoms with Gasteiger partial charge in [-0.1, -0.05) is 84.9 Å². The summed E-state index contributed by atoms with van der Waals surface area (Å²) in [7, 11) is 2.02. The van der Waals surface area contributed by atoms with Crippen molar-refractivity contribution in [3.63, 3.8) is 0 Å². The Balaban J connectivity index is 0.00000158. The van der Waals surface area contributed by atoms with Crippen LogP contribution in [0.5, 0.6) is 0 Å². The lowest BCUT2D eigenvalue weighted by molar-refractivity contribution is 0.167. The Morgan fingerprint density at radius 1 is 0.750 bits per heavy atom. The van der Waals surface area contributed by atoms with Gasteiger partial charge in [-0.3, -0.25) is 4.90 Å². The van der Waals surface area contributed by atoms with Gasteiger partial charge in [-0.05, 0) is 61.1 Å². The van der Waals surface area contributed by atoms with Crippen molar-refractivity contribution in [1.29, 1.82) is 0 Å². The van der Waals surface area contributed by atoms with Gasteiger partial charge in [-0.25, -0.2) is 9.97 Å². The maximum absolute atomic E-state index is 5.05. The van der Waals surface area contributed by atoms with E-state index >= 15 is 0 Å². The molecule has 1 aliphatic heterocycles. The number of likely N-dealkylation sites (tertiary alicyclic amines) is 1. The van der Waals surface area contributed by atoms with Gasteiger partial charge in [-0.15, -0.1) is 12.8 Å².